The first kappa shape index (κ1) is 15.9. The van der Waals surface area contributed by atoms with Gasteiger partial charge in [-0.2, -0.15) is 0 Å². The second-order valence-electron chi connectivity index (χ2n) is 4.44. The number of aromatic nitrogens is 2. The van der Waals surface area contributed by atoms with Crippen LogP contribution in [0.15, 0.2) is 24.5 Å². The second-order valence-corrected chi connectivity index (χ2v) is 5.23. The highest BCUT2D eigenvalue weighted by Crippen LogP contribution is 2.35. The molecule has 0 spiro atoms. The molecule has 1 aromatic heterocycles. The van der Waals surface area contributed by atoms with Crippen molar-refractivity contribution < 1.29 is 4.74 Å². The number of hydrogen-bond acceptors (Lipinski definition) is 4. The van der Waals surface area contributed by atoms with Gasteiger partial charge in [-0.05, 0) is 25.0 Å². The highest BCUT2D eigenvalue weighted by molar-refractivity contribution is 6.42. The molecule has 21 heavy (non-hydrogen) atoms. The molecule has 2 rings (SSSR count). The van der Waals surface area contributed by atoms with Gasteiger partial charge >= 0.3 is 0 Å². The molecule has 0 unspecified atom stereocenters. The zero-order valence-corrected chi connectivity index (χ0v) is 13.5. The smallest absolute Gasteiger partial charge is 0.227 e. The van der Waals surface area contributed by atoms with Crippen molar-refractivity contribution in [3.63, 3.8) is 0 Å². The van der Waals surface area contributed by atoms with E-state index in [2.05, 4.69) is 22.2 Å². The predicted octanol–water partition coefficient (Wildman–Crippen LogP) is 4.96. The first-order valence-corrected chi connectivity index (χ1v) is 7.62. The summed E-state index contributed by atoms with van der Waals surface area (Å²) in [5.74, 6) is 1.77. The Morgan fingerprint density at radius 1 is 1.19 bits per heavy atom. The van der Waals surface area contributed by atoms with E-state index >= 15 is 0 Å². The van der Waals surface area contributed by atoms with Crippen molar-refractivity contribution in [3.8, 4) is 11.6 Å². The third kappa shape index (κ3) is 3.77. The Hall–Kier alpha value is -1.52. The fraction of sp³-hybridized carbons (Fsp3) is 0.333. The first-order valence-electron chi connectivity index (χ1n) is 6.87. The van der Waals surface area contributed by atoms with Crippen molar-refractivity contribution in [1.82, 2.24) is 9.97 Å². The second kappa shape index (κ2) is 7.48. The largest absolute Gasteiger partial charge is 0.437 e. The van der Waals surface area contributed by atoms with E-state index in [1.165, 1.54) is 6.33 Å². The molecule has 0 amide bonds. The van der Waals surface area contributed by atoms with Gasteiger partial charge in [0, 0.05) is 6.54 Å². The number of nitrogens with one attached hydrogen (secondary N) is 1. The zero-order valence-electron chi connectivity index (χ0n) is 12.0. The summed E-state index contributed by atoms with van der Waals surface area (Å²) >= 11 is 12.1. The monoisotopic (exact) mass is 325 g/mol. The van der Waals surface area contributed by atoms with Gasteiger partial charge < -0.3 is 10.1 Å². The van der Waals surface area contributed by atoms with E-state index < -0.39 is 0 Å². The van der Waals surface area contributed by atoms with Gasteiger partial charge in [0.15, 0.2) is 0 Å². The average Bonchev–Trinajstić information content (AvgIpc) is 2.50. The van der Waals surface area contributed by atoms with Gasteiger partial charge in [0.2, 0.25) is 5.88 Å². The Balaban J connectivity index is 2.33. The fourth-order valence-corrected chi connectivity index (χ4v) is 2.20. The van der Waals surface area contributed by atoms with Crippen LogP contribution in [0.1, 0.15) is 25.8 Å². The summed E-state index contributed by atoms with van der Waals surface area (Å²) < 4.78 is 5.83. The molecule has 0 atom stereocenters. The summed E-state index contributed by atoms with van der Waals surface area (Å²) in [7, 11) is 0. The minimum Gasteiger partial charge on any atom is -0.437 e. The fourth-order valence-electron chi connectivity index (χ4n) is 1.87. The van der Waals surface area contributed by atoms with E-state index in [9.17, 15) is 0 Å². The lowest BCUT2D eigenvalue weighted by atomic mass is 10.2. The standard InChI is InChI=1S/C15H17Cl2N3O/c1-3-8-18-14-10(4-2)15(20-9-19-14)21-12-7-5-6-11(16)13(12)17/h5-7,9H,3-4,8H2,1-2H3,(H,18,19,20). The van der Waals surface area contributed by atoms with Gasteiger partial charge in [-0.15, -0.1) is 0 Å². The predicted molar refractivity (Wildman–Crippen MR) is 86.7 cm³/mol. The summed E-state index contributed by atoms with van der Waals surface area (Å²) in [6.07, 6.45) is 3.24. The molecule has 0 saturated heterocycles. The van der Waals surface area contributed by atoms with Crippen LogP contribution in [0.5, 0.6) is 11.6 Å². The van der Waals surface area contributed by atoms with E-state index in [-0.39, 0.29) is 0 Å². The summed E-state index contributed by atoms with van der Waals surface area (Å²) in [6.45, 7) is 4.98. The Morgan fingerprint density at radius 2 is 2.00 bits per heavy atom. The molecule has 0 aliphatic heterocycles. The average molecular weight is 326 g/mol. The summed E-state index contributed by atoms with van der Waals surface area (Å²) in [5.41, 5.74) is 0.919. The Kier molecular flexibility index (Phi) is 5.65. The molecule has 0 saturated carbocycles. The quantitative estimate of drug-likeness (QED) is 0.815. The van der Waals surface area contributed by atoms with E-state index in [0.29, 0.717) is 21.7 Å². The molecule has 1 heterocycles. The third-order valence-corrected chi connectivity index (χ3v) is 3.73. The van der Waals surface area contributed by atoms with Crippen molar-refractivity contribution in [3.05, 3.63) is 40.1 Å². The van der Waals surface area contributed by atoms with E-state index in [1.54, 1.807) is 18.2 Å². The van der Waals surface area contributed by atoms with Crippen LogP contribution in [0.3, 0.4) is 0 Å². The molecule has 112 valence electrons. The number of nitrogens with zero attached hydrogens (tertiary/aromatic N) is 2. The summed E-state index contributed by atoms with van der Waals surface area (Å²) in [5, 5.41) is 4.10. The lowest BCUT2D eigenvalue weighted by Gasteiger charge is -2.14. The van der Waals surface area contributed by atoms with Gasteiger partial charge in [-0.1, -0.05) is 43.1 Å². The van der Waals surface area contributed by atoms with Crippen LogP contribution in [-0.4, -0.2) is 16.5 Å². The van der Waals surface area contributed by atoms with Crippen molar-refractivity contribution >= 4 is 29.0 Å². The maximum atomic E-state index is 6.15. The van der Waals surface area contributed by atoms with E-state index in [1.807, 2.05) is 6.92 Å². The lowest BCUT2D eigenvalue weighted by Crippen LogP contribution is -2.07. The number of ether oxygens (including phenoxy) is 1. The zero-order chi connectivity index (χ0) is 15.2. The summed E-state index contributed by atoms with van der Waals surface area (Å²) in [4.78, 5) is 8.48. The Morgan fingerprint density at radius 3 is 2.71 bits per heavy atom. The molecular weight excluding hydrogens is 309 g/mol. The highest BCUT2D eigenvalue weighted by Gasteiger charge is 2.14. The van der Waals surface area contributed by atoms with Crippen molar-refractivity contribution in [1.29, 1.82) is 0 Å². The van der Waals surface area contributed by atoms with Crippen LogP contribution in [0, 0.1) is 0 Å². The van der Waals surface area contributed by atoms with Crippen LogP contribution < -0.4 is 10.1 Å². The van der Waals surface area contributed by atoms with Crippen LogP contribution in [0.25, 0.3) is 0 Å². The van der Waals surface area contributed by atoms with Gasteiger partial charge in [0.1, 0.15) is 22.9 Å². The van der Waals surface area contributed by atoms with Gasteiger partial charge in [-0.3, -0.25) is 0 Å². The molecular formula is C15H17Cl2N3O. The topological polar surface area (TPSA) is 47.0 Å². The van der Waals surface area contributed by atoms with Gasteiger partial charge in [0.25, 0.3) is 0 Å². The van der Waals surface area contributed by atoms with E-state index in [4.69, 9.17) is 27.9 Å². The maximum absolute atomic E-state index is 6.15. The molecule has 0 aliphatic rings. The highest BCUT2D eigenvalue weighted by atomic mass is 35.5. The van der Waals surface area contributed by atoms with Crippen molar-refractivity contribution in [2.75, 3.05) is 11.9 Å². The molecule has 2 aromatic rings. The van der Waals surface area contributed by atoms with Crippen LogP contribution in [0.4, 0.5) is 5.82 Å². The number of anilines is 1. The van der Waals surface area contributed by atoms with Crippen LogP contribution in [0.2, 0.25) is 10.0 Å². The molecule has 0 aliphatic carbocycles. The minimum atomic E-state index is 0.378. The van der Waals surface area contributed by atoms with Gasteiger partial charge in [0.05, 0.1) is 10.6 Å². The van der Waals surface area contributed by atoms with Crippen LogP contribution >= 0.6 is 23.2 Å². The molecule has 1 N–H and O–H groups in total. The molecule has 6 heteroatoms. The van der Waals surface area contributed by atoms with Crippen LogP contribution in [-0.2, 0) is 6.42 Å². The van der Waals surface area contributed by atoms with Gasteiger partial charge in [-0.25, -0.2) is 9.97 Å². The maximum Gasteiger partial charge on any atom is 0.227 e. The lowest BCUT2D eigenvalue weighted by molar-refractivity contribution is 0.456. The minimum absolute atomic E-state index is 0.378. The number of hydrogen-bond donors (Lipinski definition) is 1. The van der Waals surface area contributed by atoms with Crippen molar-refractivity contribution in [2.45, 2.75) is 26.7 Å². The molecule has 4 nitrogen and oxygen atoms in total. The van der Waals surface area contributed by atoms with Crippen molar-refractivity contribution in [2.24, 2.45) is 0 Å². The first-order chi connectivity index (χ1) is 10.2. The Labute approximate surface area is 134 Å². The Bertz CT molecular complexity index is 620. The summed E-state index contributed by atoms with van der Waals surface area (Å²) in [6, 6.07) is 5.26. The molecule has 0 bridgehead atoms. The SMILES string of the molecule is CCCNc1ncnc(Oc2cccc(Cl)c2Cl)c1CC. The molecule has 0 radical (unpaired) electrons. The van der Waals surface area contributed by atoms with E-state index in [0.717, 1.165) is 30.8 Å². The number of halogens is 2. The third-order valence-electron chi connectivity index (χ3n) is 2.92. The normalized spacial score (nSPS) is 10.5. The molecule has 0 fully saturated rings. The molecule has 1 aromatic carbocycles. The number of rotatable bonds is 6. The number of benzene rings is 1.